The first-order chi connectivity index (χ1) is 37.1. The number of hydrogen-bond acceptors (Lipinski definition) is 9. The average molecular weight is 1180 g/mol. The fraction of sp³-hybridized carbons (Fsp3) is 0.517. The molecule has 4 amide bonds. The number of morpholine rings is 1. The van der Waals surface area contributed by atoms with E-state index in [0.717, 1.165) is 69.7 Å². The van der Waals surface area contributed by atoms with Crippen molar-refractivity contribution in [3.63, 3.8) is 0 Å². The van der Waals surface area contributed by atoms with Gasteiger partial charge >= 0.3 is 0 Å². The number of ether oxygens (including phenoxy) is 1. The van der Waals surface area contributed by atoms with Crippen molar-refractivity contribution in [1.82, 2.24) is 40.4 Å². The molecule has 5 atom stereocenters. The van der Waals surface area contributed by atoms with Crippen LogP contribution in [0.2, 0.25) is 30.1 Å². The molecule has 0 aromatic heterocycles. The van der Waals surface area contributed by atoms with Crippen LogP contribution in [0, 0.1) is 0 Å². The van der Waals surface area contributed by atoms with E-state index in [9.17, 15) is 19.2 Å². The first-order valence-corrected chi connectivity index (χ1v) is 29.4. The third-order valence-corrected chi connectivity index (χ3v) is 17.0. The van der Waals surface area contributed by atoms with Gasteiger partial charge in [0.25, 0.3) is 5.91 Å². The van der Waals surface area contributed by atoms with Gasteiger partial charge in [-0.05, 0) is 123 Å². The molecule has 4 aromatic carbocycles. The minimum absolute atomic E-state index is 0.000272. The molecule has 3 N–H and O–H groups in total. The lowest BCUT2D eigenvalue weighted by atomic mass is 9.95. The average Bonchev–Trinajstić information content (AvgIpc) is 3.67. The van der Waals surface area contributed by atoms with Gasteiger partial charge < -0.3 is 40.3 Å². The van der Waals surface area contributed by atoms with Crippen molar-refractivity contribution >= 4 is 93.2 Å². The van der Waals surface area contributed by atoms with Crippen molar-refractivity contribution in [2.45, 2.75) is 108 Å². The number of rotatable bonds is 19. The van der Waals surface area contributed by atoms with Crippen LogP contribution in [0.3, 0.4) is 0 Å². The maximum Gasteiger partial charge on any atom is 0.251 e. The van der Waals surface area contributed by atoms with Gasteiger partial charge in [0.1, 0.15) is 0 Å². The maximum atomic E-state index is 14.0. The van der Waals surface area contributed by atoms with E-state index in [-0.39, 0.29) is 47.8 Å². The van der Waals surface area contributed by atoms with Crippen molar-refractivity contribution in [1.29, 1.82) is 0 Å². The quantitative estimate of drug-likeness (QED) is 0.0840. The van der Waals surface area contributed by atoms with Gasteiger partial charge in [0.2, 0.25) is 17.7 Å². The minimum atomic E-state index is -0.383. The van der Waals surface area contributed by atoms with Crippen molar-refractivity contribution in [3.8, 4) is 0 Å². The number of hydrogen-bond donors (Lipinski definition) is 3. The molecule has 4 heterocycles. The lowest BCUT2D eigenvalue weighted by Crippen LogP contribution is -2.50. The number of amides is 4. The zero-order valence-electron chi connectivity index (χ0n) is 44.3. The predicted molar refractivity (Wildman–Crippen MR) is 312 cm³/mol. The molecule has 77 heavy (non-hydrogen) atoms. The molecule has 8 rings (SSSR count). The highest BCUT2D eigenvalue weighted by Gasteiger charge is 2.35. The van der Waals surface area contributed by atoms with E-state index < -0.39 is 0 Å². The van der Waals surface area contributed by atoms with E-state index in [2.05, 4.69) is 61.8 Å². The Bertz CT molecular complexity index is 2550. The molecule has 4 aliphatic heterocycles. The molecule has 418 valence electrons. The van der Waals surface area contributed by atoms with Crippen LogP contribution < -0.4 is 16.0 Å². The van der Waals surface area contributed by atoms with Crippen LogP contribution in [0.4, 0.5) is 0 Å². The SMILES string of the molecule is CCC(CN1CC[C@@H](CN(Cc2ccc(Cl)c(Cl)c2)C(C)=O)N[C@@H](CCN2CCCCC2)C1=O)c1ccccc1.O=C(NC[C@@H]1CCN(Cc2cc(Cl)cc(Cl)c2)C(=O)[C@H](CCN2CCOCC2)N1)c1ccc(Cl)c(Cl)c1. The summed E-state index contributed by atoms with van der Waals surface area (Å²) in [5.41, 5.74) is 3.53. The molecule has 0 spiro atoms. The highest BCUT2D eigenvalue weighted by atomic mass is 35.5. The van der Waals surface area contributed by atoms with Crippen LogP contribution in [0.5, 0.6) is 0 Å². The monoisotopic (exact) mass is 1170 g/mol. The second kappa shape index (κ2) is 30.8. The normalized spacial score (nSPS) is 21.1. The van der Waals surface area contributed by atoms with Gasteiger partial charge in [-0.1, -0.05) is 119 Å². The summed E-state index contributed by atoms with van der Waals surface area (Å²) in [7, 11) is 0. The summed E-state index contributed by atoms with van der Waals surface area (Å²) in [5, 5.41) is 13.0. The van der Waals surface area contributed by atoms with Gasteiger partial charge in [0.15, 0.2) is 0 Å². The van der Waals surface area contributed by atoms with Gasteiger partial charge in [0, 0.05) is 113 Å². The summed E-state index contributed by atoms with van der Waals surface area (Å²) < 4.78 is 5.45. The topological polar surface area (TPSA) is 130 Å². The van der Waals surface area contributed by atoms with Gasteiger partial charge in [0.05, 0.1) is 45.4 Å². The van der Waals surface area contributed by atoms with E-state index in [0.29, 0.717) is 113 Å². The molecule has 4 aromatic rings. The zero-order chi connectivity index (χ0) is 54.8. The van der Waals surface area contributed by atoms with Crippen molar-refractivity contribution < 1.29 is 23.9 Å². The molecule has 1 unspecified atom stereocenters. The first-order valence-electron chi connectivity index (χ1n) is 27.2. The number of halogens is 6. The van der Waals surface area contributed by atoms with Crippen LogP contribution in [-0.2, 0) is 32.2 Å². The van der Waals surface area contributed by atoms with Gasteiger partial charge in [-0.25, -0.2) is 0 Å². The largest absolute Gasteiger partial charge is 0.379 e. The third kappa shape index (κ3) is 19.0. The molecule has 19 heteroatoms. The highest BCUT2D eigenvalue weighted by Crippen LogP contribution is 2.27. The smallest absolute Gasteiger partial charge is 0.251 e. The van der Waals surface area contributed by atoms with Crippen LogP contribution in [-0.4, -0.2) is 158 Å². The lowest BCUT2D eigenvalue weighted by Gasteiger charge is -2.31. The molecule has 0 aliphatic carbocycles. The molecule has 0 radical (unpaired) electrons. The standard InChI is InChI=1S/C32H44Cl2N4O2.C26H30Cl4N4O3/c1-3-26(27-10-6-4-7-11-27)22-37-19-14-28(35-31(32(37)40)15-18-36-16-8-5-9-17-36)23-38(24(2)39)21-25-12-13-29(33)30(34)20-25;27-19-11-17(12-20(28)14-19)16-34-6-3-21(15-31-25(35)18-1-2-22(29)23(30)13-18)32-24(26(34)36)4-5-33-7-9-37-10-8-33/h4,6-7,10-13,20,26,28,31,35H,3,5,8-9,14-19,21-23H2,1-2H3;1-2,11-14,21,24,32H,3-10,15-16H2,(H,31,35)/t26?,28-,31-;21-,24-/m00/s1. The summed E-state index contributed by atoms with van der Waals surface area (Å²) in [6.45, 7) is 14.6. The number of piperidine rings is 1. The molecule has 0 saturated carbocycles. The lowest BCUT2D eigenvalue weighted by molar-refractivity contribution is -0.134. The third-order valence-electron chi connectivity index (χ3n) is 15.0. The van der Waals surface area contributed by atoms with E-state index in [4.69, 9.17) is 74.3 Å². The molecule has 4 aliphatic rings. The Kier molecular flexibility index (Phi) is 24.3. The van der Waals surface area contributed by atoms with Crippen LogP contribution in [0.15, 0.2) is 84.9 Å². The number of nitrogens with one attached hydrogen (secondary N) is 3. The Balaban J connectivity index is 0.000000224. The highest BCUT2D eigenvalue weighted by molar-refractivity contribution is 6.42. The fourth-order valence-corrected chi connectivity index (χ4v) is 11.8. The molecule has 0 bridgehead atoms. The van der Waals surface area contributed by atoms with Crippen LogP contribution >= 0.6 is 69.6 Å². The Morgan fingerprint density at radius 1 is 0.675 bits per heavy atom. The number of carbonyl (C=O) groups is 4. The number of benzene rings is 4. The summed E-state index contributed by atoms with van der Waals surface area (Å²) >= 11 is 36.8. The Hall–Kier alpha value is -3.70. The molecule has 4 fully saturated rings. The molecular weight excluding hydrogens is 1100 g/mol. The van der Waals surface area contributed by atoms with E-state index in [1.807, 2.05) is 40.1 Å². The van der Waals surface area contributed by atoms with Gasteiger partial charge in [-0.3, -0.25) is 24.1 Å². The van der Waals surface area contributed by atoms with Crippen molar-refractivity contribution in [3.05, 3.63) is 137 Å². The van der Waals surface area contributed by atoms with Crippen LogP contribution in [0.25, 0.3) is 0 Å². The minimum Gasteiger partial charge on any atom is -0.379 e. The van der Waals surface area contributed by atoms with Crippen molar-refractivity contribution in [2.24, 2.45) is 0 Å². The van der Waals surface area contributed by atoms with Crippen LogP contribution in [0.1, 0.15) is 98.2 Å². The Morgan fingerprint density at radius 3 is 1.91 bits per heavy atom. The maximum absolute atomic E-state index is 14.0. The van der Waals surface area contributed by atoms with E-state index in [1.54, 1.807) is 37.3 Å². The first kappa shape index (κ1) is 60.9. The number of nitrogens with zero attached hydrogens (tertiary/aromatic N) is 5. The molecular formula is C58H74Cl6N8O5. The molecule has 4 saturated heterocycles. The number of carbonyl (C=O) groups excluding carboxylic acids is 4. The van der Waals surface area contributed by atoms with E-state index in [1.165, 1.54) is 24.8 Å². The summed E-state index contributed by atoms with van der Waals surface area (Å²) in [6, 6.07) is 25.4. The summed E-state index contributed by atoms with van der Waals surface area (Å²) in [5.74, 6) is 0.273. The van der Waals surface area contributed by atoms with E-state index >= 15 is 0 Å². The Morgan fingerprint density at radius 2 is 1.27 bits per heavy atom. The van der Waals surface area contributed by atoms with Gasteiger partial charge in [-0.15, -0.1) is 0 Å². The summed E-state index contributed by atoms with van der Waals surface area (Å²) in [6.07, 6.45) is 7.65. The zero-order valence-corrected chi connectivity index (χ0v) is 48.8. The van der Waals surface area contributed by atoms with Crippen molar-refractivity contribution in [2.75, 3.05) is 85.2 Å². The fourth-order valence-electron chi connectivity index (χ4n) is 10.6. The number of likely N-dealkylation sites (tertiary alicyclic amines) is 1. The second-order valence-electron chi connectivity index (χ2n) is 20.7. The summed E-state index contributed by atoms with van der Waals surface area (Å²) in [4.78, 5) is 63.6. The van der Waals surface area contributed by atoms with Gasteiger partial charge in [-0.2, -0.15) is 0 Å². The Labute approximate surface area is 485 Å². The second-order valence-corrected chi connectivity index (χ2v) is 23.2. The molecule has 13 nitrogen and oxygen atoms in total. The predicted octanol–water partition coefficient (Wildman–Crippen LogP) is 10.5.